The average Bonchev–Trinajstić information content (AvgIpc) is 3.09. The van der Waals surface area contributed by atoms with Gasteiger partial charge in [0.25, 0.3) is 0 Å². The Balaban J connectivity index is 1.55. The third-order valence-electron chi connectivity index (χ3n) is 4.77. The van der Waals surface area contributed by atoms with Gasteiger partial charge < -0.3 is 0 Å². The summed E-state index contributed by atoms with van der Waals surface area (Å²) in [5.41, 5.74) is 2.90. The lowest BCUT2D eigenvalue weighted by atomic mass is 9.88. The number of hydrogen-bond acceptors (Lipinski definition) is 6. The minimum atomic E-state index is -3.74. The van der Waals surface area contributed by atoms with Gasteiger partial charge in [0.05, 0.1) is 16.0 Å². The fourth-order valence-electron chi connectivity index (χ4n) is 3.40. The Morgan fingerprint density at radius 1 is 1.07 bits per heavy atom. The number of sulfone groups is 1. The number of nitrogens with zero attached hydrogens (tertiary/aromatic N) is 2. The number of fused-ring (bicyclic) bond motifs is 3. The van der Waals surface area contributed by atoms with E-state index in [1.807, 2.05) is 0 Å². The molecule has 2 aromatic heterocycles. The predicted molar refractivity (Wildman–Crippen MR) is 99.6 cm³/mol. The Labute approximate surface area is 157 Å². The molecule has 27 heavy (non-hydrogen) atoms. The monoisotopic (exact) mass is 406 g/mol. The lowest BCUT2D eigenvalue weighted by molar-refractivity contribution is 0.508. The zero-order chi connectivity index (χ0) is 19.2. The van der Waals surface area contributed by atoms with Gasteiger partial charge in [0.1, 0.15) is 0 Å². The summed E-state index contributed by atoms with van der Waals surface area (Å²) >= 11 is 0. The highest BCUT2D eigenvalue weighted by Crippen LogP contribution is 2.27. The fraction of sp³-hybridized carbons (Fsp3) is 0.294. The zero-order valence-electron chi connectivity index (χ0n) is 14.5. The molecule has 2 N–H and O–H groups in total. The van der Waals surface area contributed by atoms with E-state index in [1.54, 1.807) is 12.4 Å². The van der Waals surface area contributed by atoms with Crippen molar-refractivity contribution in [3.63, 3.8) is 0 Å². The summed E-state index contributed by atoms with van der Waals surface area (Å²) in [7, 11) is -7.11. The molecule has 8 nitrogen and oxygen atoms in total. The minimum absolute atomic E-state index is 0.0455. The number of rotatable bonds is 4. The van der Waals surface area contributed by atoms with Gasteiger partial charge >= 0.3 is 0 Å². The van der Waals surface area contributed by atoms with Crippen LogP contribution in [0.25, 0.3) is 11.0 Å². The van der Waals surface area contributed by atoms with Gasteiger partial charge in [-0.25, -0.2) is 26.5 Å². The topological polar surface area (TPSA) is 122 Å². The van der Waals surface area contributed by atoms with E-state index in [0.29, 0.717) is 12.8 Å². The standard InChI is InChI=1S/C17H18N4O4S2/c1-26(22,23)13-3-5-14(6-4-13)27(24,25)21-12-2-7-15-11(8-12)9-18-17-16(15)10-19-20-17/h3-6,9-10,12,21H,2,7-8H2,1H3,(H,18,19,20). The highest BCUT2D eigenvalue weighted by Gasteiger charge is 2.26. The maximum Gasteiger partial charge on any atom is 0.240 e. The number of pyridine rings is 1. The number of aromatic nitrogens is 3. The molecule has 0 aliphatic heterocycles. The molecule has 2 heterocycles. The normalized spacial score (nSPS) is 17.7. The second kappa shape index (κ2) is 6.39. The largest absolute Gasteiger partial charge is 0.261 e. The average molecular weight is 406 g/mol. The van der Waals surface area contributed by atoms with Crippen molar-refractivity contribution in [1.82, 2.24) is 19.9 Å². The fourth-order valence-corrected chi connectivity index (χ4v) is 5.30. The van der Waals surface area contributed by atoms with Crippen molar-refractivity contribution in [2.24, 2.45) is 0 Å². The minimum Gasteiger partial charge on any atom is -0.261 e. The van der Waals surface area contributed by atoms with Crippen LogP contribution in [0.2, 0.25) is 0 Å². The van der Waals surface area contributed by atoms with Gasteiger partial charge in [0, 0.05) is 23.9 Å². The summed E-state index contributed by atoms with van der Waals surface area (Å²) in [6.07, 6.45) is 6.53. The highest BCUT2D eigenvalue weighted by atomic mass is 32.2. The quantitative estimate of drug-likeness (QED) is 0.671. The van der Waals surface area contributed by atoms with Gasteiger partial charge in [-0.2, -0.15) is 5.10 Å². The van der Waals surface area contributed by atoms with E-state index >= 15 is 0 Å². The van der Waals surface area contributed by atoms with E-state index < -0.39 is 19.9 Å². The van der Waals surface area contributed by atoms with Crippen molar-refractivity contribution in [3.05, 3.63) is 47.8 Å². The van der Waals surface area contributed by atoms with Crippen LogP contribution >= 0.6 is 0 Å². The number of sulfonamides is 1. The van der Waals surface area contributed by atoms with E-state index in [-0.39, 0.29) is 15.8 Å². The lowest BCUT2D eigenvalue weighted by Crippen LogP contribution is -2.38. The maximum absolute atomic E-state index is 12.7. The Kier molecular flexibility index (Phi) is 4.28. The molecule has 1 aliphatic carbocycles. The Hall–Kier alpha value is -2.30. The van der Waals surface area contributed by atoms with Crippen LogP contribution in [0.15, 0.2) is 46.5 Å². The van der Waals surface area contributed by atoms with Crippen LogP contribution in [-0.4, -0.2) is 44.3 Å². The number of H-pyrrole nitrogens is 1. The molecule has 10 heteroatoms. The molecular weight excluding hydrogens is 388 g/mol. The van der Waals surface area contributed by atoms with Crippen molar-refractivity contribution >= 4 is 30.9 Å². The SMILES string of the molecule is CS(=O)(=O)c1ccc(S(=O)(=O)NC2CCc3c(cnc4[nH]ncc34)C2)cc1. The van der Waals surface area contributed by atoms with Crippen LogP contribution in [0.4, 0.5) is 0 Å². The van der Waals surface area contributed by atoms with Gasteiger partial charge in [-0.1, -0.05) is 0 Å². The molecule has 142 valence electrons. The van der Waals surface area contributed by atoms with Crippen molar-refractivity contribution < 1.29 is 16.8 Å². The zero-order valence-corrected chi connectivity index (χ0v) is 16.1. The van der Waals surface area contributed by atoms with Crippen LogP contribution in [0.3, 0.4) is 0 Å². The number of aromatic amines is 1. The third-order valence-corrected chi connectivity index (χ3v) is 7.44. The van der Waals surface area contributed by atoms with E-state index in [4.69, 9.17) is 0 Å². The summed E-state index contributed by atoms with van der Waals surface area (Å²) in [5.74, 6) is 0. The summed E-state index contributed by atoms with van der Waals surface area (Å²) in [6, 6.07) is 4.99. The van der Waals surface area contributed by atoms with Crippen molar-refractivity contribution in [1.29, 1.82) is 0 Å². The Morgan fingerprint density at radius 2 is 1.78 bits per heavy atom. The van der Waals surface area contributed by atoms with E-state index in [1.165, 1.54) is 24.3 Å². The molecule has 0 fully saturated rings. The second-order valence-corrected chi connectivity index (χ2v) is 10.4. The maximum atomic E-state index is 12.7. The molecule has 0 amide bonds. The van der Waals surface area contributed by atoms with Gasteiger partial charge in [-0.15, -0.1) is 0 Å². The molecule has 0 saturated heterocycles. The first-order chi connectivity index (χ1) is 12.7. The van der Waals surface area contributed by atoms with E-state index in [2.05, 4.69) is 19.9 Å². The van der Waals surface area contributed by atoms with Crippen molar-refractivity contribution in [3.8, 4) is 0 Å². The molecule has 0 bridgehead atoms. The number of aryl methyl sites for hydroxylation is 1. The molecule has 0 spiro atoms. The second-order valence-electron chi connectivity index (χ2n) is 6.70. The first kappa shape index (κ1) is 18.1. The molecule has 0 saturated carbocycles. The molecule has 1 unspecified atom stereocenters. The smallest absolute Gasteiger partial charge is 0.240 e. The van der Waals surface area contributed by atoms with Crippen LogP contribution in [-0.2, 0) is 32.7 Å². The Bertz CT molecular complexity index is 1220. The van der Waals surface area contributed by atoms with Crippen molar-refractivity contribution in [2.75, 3.05) is 6.26 Å². The predicted octanol–water partition coefficient (Wildman–Crippen LogP) is 1.20. The number of nitrogens with one attached hydrogen (secondary N) is 2. The van der Waals surface area contributed by atoms with Gasteiger partial charge in [-0.3, -0.25) is 5.10 Å². The summed E-state index contributed by atoms with van der Waals surface area (Å²) in [5, 5.41) is 7.83. The summed E-state index contributed by atoms with van der Waals surface area (Å²) in [4.78, 5) is 4.46. The summed E-state index contributed by atoms with van der Waals surface area (Å²) < 4.78 is 51.1. The molecule has 0 radical (unpaired) electrons. The van der Waals surface area contributed by atoms with E-state index in [9.17, 15) is 16.8 Å². The van der Waals surface area contributed by atoms with E-state index in [0.717, 1.165) is 34.8 Å². The molecule has 1 aliphatic rings. The number of benzene rings is 1. The summed E-state index contributed by atoms with van der Waals surface area (Å²) in [6.45, 7) is 0. The van der Waals surface area contributed by atoms with Gasteiger partial charge in [-0.05, 0) is 54.7 Å². The molecule has 4 rings (SSSR count). The first-order valence-electron chi connectivity index (χ1n) is 8.36. The van der Waals surface area contributed by atoms with Crippen LogP contribution in [0.5, 0.6) is 0 Å². The molecule has 1 atom stereocenters. The first-order valence-corrected chi connectivity index (χ1v) is 11.7. The highest BCUT2D eigenvalue weighted by molar-refractivity contribution is 7.90. The van der Waals surface area contributed by atoms with Crippen LogP contribution in [0, 0.1) is 0 Å². The number of hydrogen-bond donors (Lipinski definition) is 2. The van der Waals surface area contributed by atoms with Crippen molar-refractivity contribution in [2.45, 2.75) is 35.1 Å². The van der Waals surface area contributed by atoms with Crippen LogP contribution in [0.1, 0.15) is 17.5 Å². The van der Waals surface area contributed by atoms with Gasteiger partial charge in [0.15, 0.2) is 15.5 Å². The van der Waals surface area contributed by atoms with Crippen LogP contribution < -0.4 is 4.72 Å². The molecule has 3 aromatic rings. The van der Waals surface area contributed by atoms with Gasteiger partial charge in [0.2, 0.25) is 10.0 Å². The Morgan fingerprint density at radius 3 is 2.48 bits per heavy atom. The third kappa shape index (κ3) is 3.47. The molecular formula is C17H18N4O4S2. The lowest BCUT2D eigenvalue weighted by Gasteiger charge is -2.25. The molecule has 1 aromatic carbocycles.